The van der Waals surface area contributed by atoms with Gasteiger partial charge in [0.2, 0.25) is 0 Å². The Morgan fingerprint density at radius 1 is 0.478 bits per heavy atom. The van der Waals surface area contributed by atoms with Crippen molar-refractivity contribution in [3.05, 3.63) is 162 Å². The maximum Gasteiger partial charge on any atom is 0.0546 e. The Morgan fingerprint density at radius 3 is 1.76 bits per heavy atom. The molecule has 0 aliphatic heterocycles. The van der Waals surface area contributed by atoms with Gasteiger partial charge in [0, 0.05) is 22.2 Å². The van der Waals surface area contributed by atoms with E-state index in [2.05, 4.69) is 185 Å². The fourth-order valence-electron chi connectivity index (χ4n) is 7.44. The SMILES string of the molecule is CC(C)(C)c1ccc(-c2ccc(N(c3ccc4c(c3)C(C)(C)c3ccccc3-4)c3cc4ccccc4c4ccccc34)cc2)cc1. The summed E-state index contributed by atoms with van der Waals surface area (Å²) < 4.78 is 0. The second-order valence-electron chi connectivity index (χ2n) is 14.3. The molecule has 0 N–H and O–H groups in total. The highest BCUT2D eigenvalue weighted by Crippen LogP contribution is 2.51. The van der Waals surface area contributed by atoms with Crippen molar-refractivity contribution in [1.29, 1.82) is 0 Å². The molecular formula is C45H39N. The highest BCUT2D eigenvalue weighted by molar-refractivity contribution is 6.14. The molecule has 7 aromatic carbocycles. The summed E-state index contributed by atoms with van der Waals surface area (Å²) in [6, 6.07) is 54.0. The van der Waals surface area contributed by atoms with Crippen LogP contribution in [0.4, 0.5) is 17.1 Å². The zero-order valence-electron chi connectivity index (χ0n) is 27.3. The molecule has 7 aromatic rings. The zero-order valence-corrected chi connectivity index (χ0v) is 27.3. The lowest BCUT2D eigenvalue weighted by molar-refractivity contribution is 0.590. The molecule has 0 fully saturated rings. The van der Waals surface area contributed by atoms with Gasteiger partial charge in [-0.05, 0) is 90.8 Å². The van der Waals surface area contributed by atoms with E-state index >= 15 is 0 Å². The lowest BCUT2D eigenvalue weighted by Crippen LogP contribution is -2.16. The lowest BCUT2D eigenvalue weighted by Gasteiger charge is -2.29. The summed E-state index contributed by atoms with van der Waals surface area (Å²) in [5.74, 6) is 0. The van der Waals surface area contributed by atoms with Crippen molar-refractivity contribution in [2.45, 2.75) is 45.4 Å². The normalized spacial score (nSPS) is 13.5. The van der Waals surface area contributed by atoms with Crippen LogP contribution in [0, 0.1) is 0 Å². The number of benzene rings is 7. The van der Waals surface area contributed by atoms with Crippen LogP contribution >= 0.6 is 0 Å². The van der Waals surface area contributed by atoms with Crippen molar-refractivity contribution in [2.24, 2.45) is 0 Å². The average Bonchev–Trinajstić information content (AvgIpc) is 3.31. The molecule has 0 spiro atoms. The van der Waals surface area contributed by atoms with Gasteiger partial charge in [-0.25, -0.2) is 0 Å². The molecule has 0 atom stereocenters. The van der Waals surface area contributed by atoms with Crippen molar-refractivity contribution in [3.8, 4) is 22.3 Å². The lowest BCUT2D eigenvalue weighted by atomic mass is 9.82. The van der Waals surface area contributed by atoms with Crippen molar-refractivity contribution < 1.29 is 0 Å². The van der Waals surface area contributed by atoms with Gasteiger partial charge in [-0.2, -0.15) is 0 Å². The Balaban J connectivity index is 1.32. The summed E-state index contributed by atoms with van der Waals surface area (Å²) >= 11 is 0. The summed E-state index contributed by atoms with van der Waals surface area (Å²) in [7, 11) is 0. The van der Waals surface area contributed by atoms with Crippen LogP contribution in [-0.4, -0.2) is 0 Å². The minimum absolute atomic E-state index is 0.0812. The van der Waals surface area contributed by atoms with E-state index in [1.54, 1.807) is 0 Å². The first-order valence-electron chi connectivity index (χ1n) is 16.4. The second-order valence-corrected chi connectivity index (χ2v) is 14.3. The predicted molar refractivity (Wildman–Crippen MR) is 198 cm³/mol. The number of hydrogen-bond donors (Lipinski definition) is 0. The molecule has 8 rings (SSSR count). The minimum atomic E-state index is -0.0812. The molecule has 0 bridgehead atoms. The van der Waals surface area contributed by atoms with E-state index in [1.165, 1.54) is 71.9 Å². The highest BCUT2D eigenvalue weighted by Gasteiger charge is 2.35. The summed E-state index contributed by atoms with van der Waals surface area (Å²) in [6.45, 7) is 11.5. The Bertz CT molecular complexity index is 2250. The van der Waals surface area contributed by atoms with Crippen LogP contribution in [0.2, 0.25) is 0 Å². The molecule has 1 nitrogen and oxygen atoms in total. The molecule has 0 radical (unpaired) electrons. The maximum absolute atomic E-state index is 2.46. The van der Waals surface area contributed by atoms with Gasteiger partial charge in [-0.1, -0.05) is 150 Å². The minimum Gasteiger partial charge on any atom is -0.310 e. The maximum atomic E-state index is 2.46. The molecule has 1 aliphatic carbocycles. The third-order valence-corrected chi connectivity index (χ3v) is 10.0. The number of fused-ring (bicyclic) bond motifs is 6. The Hall–Kier alpha value is -5.14. The number of nitrogens with zero attached hydrogens (tertiary/aromatic N) is 1. The van der Waals surface area contributed by atoms with Gasteiger partial charge in [0.1, 0.15) is 0 Å². The number of anilines is 3. The van der Waals surface area contributed by atoms with E-state index in [-0.39, 0.29) is 10.8 Å². The monoisotopic (exact) mass is 593 g/mol. The van der Waals surface area contributed by atoms with Gasteiger partial charge in [0.25, 0.3) is 0 Å². The summed E-state index contributed by atoms with van der Waals surface area (Å²) in [4.78, 5) is 2.46. The van der Waals surface area contributed by atoms with Crippen LogP contribution in [0.3, 0.4) is 0 Å². The van der Waals surface area contributed by atoms with E-state index in [0.717, 1.165) is 5.69 Å². The first kappa shape index (κ1) is 28.3. The van der Waals surface area contributed by atoms with E-state index in [1.807, 2.05) is 0 Å². The van der Waals surface area contributed by atoms with Crippen LogP contribution in [-0.2, 0) is 10.8 Å². The first-order valence-corrected chi connectivity index (χ1v) is 16.4. The third-order valence-electron chi connectivity index (χ3n) is 10.0. The summed E-state index contributed by atoms with van der Waals surface area (Å²) in [5, 5.41) is 5.03. The summed E-state index contributed by atoms with van der Waals surface area (Å²) in [6.07, 6.45) is 0. The van der Waals surface area contributed by atoms with E-state index < -0.39 is 0 Å². The molecule has 0 aromatic heterocycles. The van der Waals surface area contributed by atoms with Crippen LogP contribution < -0.4 is 4.90 Å². The largest absolute Gasteiger partial charge is 0.310 e. The van der Waals surface area contributed by atoms with Gasteiger partial charge in [0.15, 0.2) is 0 Å². The van der Waals surface area contributed by atoms with E-state index in [4.69, 9.17) is 0 Å². The second kappa shape index (κ2) is 10.5. The van der Waals surface area contributed by atoms with Gasteiger partial charge >= 0.3 is 0 Å². The smallest absolute Gasteiger partial charge is 0.0546 e. The molecule has 1 aliphatic rings. The van der Waals surface area contributed by atoms with E-state index in [9.17, 15) is 0 Å². The topological polar surface area (TPSA) is 3.24 Å². The van der Waals surface area contributed by atoms with Crippen molar-refractivity contribution in [2.75, 3.05) is 4.90 Å². The number of hydrogen-bond acceptors (Lipinski definition) is 1. The standard InChI is InChI=1S/C45H39N/c1-44(2,3)33-22-18-30(19-23-33)31-20-24-34(25-21-31)46(43-28-32-12-6-7-13-36(32)37-14-8-9-16-40(37)43)35-26-27-39-38-15-10-11-17-41(38)45(4,5)42(39)29-35/h6-29H,1-5H3. The van der Waals surface area contributed by atoms with Crippen molar-refractivity contribution in [1.82, 2.24) is 0 Å². The summed E-state index contributed by atoms with van der Waals surface area (Å²) in [5.41, 5.74) is 12.8. The van der Waals surface area contributed by atoms with Gasteiger partial charge in [-0.3, -0.25) is 0 Å². The molecule has 0 unspecified atom stereocenters. The third kappa shape index (κ3) is 4.53. The van der Waals surface area contributed by atoms with Gasteiger partial charge in [0.05, 0.1) is 5.69 Å². The molecule has 0 saturated carbocycles. The fourth-order valence-corrected chi connectivity index (χ4v) is 7.44. The molecule has 0 amide bonds. The molecule has 1 heteroatoms. The number of rotatable bonds is 4. The van der Waals surface area contributed by atoms with Crippen LogP contribution in [0.1, 0.15) is 51.3 Å². The Labute approximate surface area is 272 Å². The highest BCUT2D eigenvalue weighted by atomic mass is 15.1. The molecule has 46 heavy (non-hydrogen) atoms. The van der Waals surface area contributed by atoms with Crippen molar-refractivity contribution in [3.63, 3.8) is 0 Å². The fraction of sp³-hybridized carbons (Fsp3) is 0.156. The zero-order chi connectivity index (χ0) is 31.6. The Kier molecular flexibility index (Phi) is 6.44. The molecule has 0 saturated heterocycles. The van der Waals surface area contributed by atoms with Crippen LogP contribution in [0.25, 0.3) is 43.8 Å². The van der Waals surface area contributed by atoms with Gasteiger partial charge in [-0.15, -0.1) is 0 Å². The van der Waals surface area contributed by atoms with Crippen molar-refractivity contribution >= 4 is 38.6 Å². The van der Waals surface area contributed by atoms with Crippen LogP contribution in [0.5, 0.6) is 0 Å². The van der Waals surface area contributed by atoms with E-state index in [0.29, 0.717) is 0 Å². The first-order chi connectivity index (χ1) is 22.2. The Morgan fingerprint density at radius 2 is 1.04 bits per heavy atom. The van der Waals surface area contributed by atoms with Crippen LogP contribution in [0.15, 0.2) is 146 Å². The predicted octanol–water partition coefficient (Wildman–Crippen LogP) is 12.7. The average molecular weight is 594 g/mol. The molecular weight excluding hydrogens is 555 g/mol. The molecule has 0 heterocycles. The molecule has 224 valence electrons. The van der Waals surface area contributed by atoms with Gasteiger partial charge < -0.3 is 4.90 Å². The quantitative estimate of drug-likeness (QED) is 0.184.